The zero-order valence-electron chi connectivity index (χ0n) is 29.5. The van der Waals surface area contributed by atoms with E-state index >= 15 is 0 Å². The number of allylic oxidation sites excluding steroid dienone is 1. The number of carbonyl (C=O) groups is 4. The number of aliphatic carboxylic acids is 1. The van der Waals surface area contributed by atoms with Crippen LogP contribution in [0.3, 0.4) is 0 Å². The van der Waals surface area contributed by atoms with E-state index in [1.54, 1.807) is 26.8 Å². The molecule has 3 amide bonds. The fourth-order valence-electron chi connectivity index (χ4n) is 7.05. The molecule has 1 aliphatic carbocycles. The van der Waals surface area contributed by atoms with Gasteiger partial charge in [-0.3, -0.25) is 14.4 Å². The van der Waals surface area contributed by atoms with Crippen molar-refractivity contribution in [2.75, 3.05) is 6.54 Å². The lowest BCUT2D eigenvalue weighted by Gasteiger charge is -2.30. The maximum absolute atomic E-state index is 14.5. The average Bonchev–Trinajstić information content (AvgIpc) is 3.61. The molecule has 3 aliphatic rings. The van der Waals surface area contributed by atoms with Gasteiger partial charge in [-0.15, -0.1) is 0 Å². The zero-order chi connectivity index (χ0) is 37.2. The Morgan fingerprint density at radius 3 is 2.44 bits per heavy atom. The maximum atomic E-state index is 14.5. The Kier molecular flexibility index (Phi) is 10.3. The van der Waals surface area contributed by atoms with Gasteiger partial charge in [-0.25, -0.2) is 18.7 Å². The van der Waals surface area contributed by atoms with Crippen molar-refractivity contribution in [1.29, 1.82) is 0 Å². The number of carboxylic acid groups (broad SMARTS) is 1. The van der Waals surface area contributed by atoms with E-state index in [0.29, 0.717) is 29.7 Å². The third-order valence-corrected chi connectivity index (χ3v) is 9.83. The molecule has 0 unspecified atom stereocenters. The maximum Gasteiger partial charge on any atom is 0.408 e. The molecule has 3 aromatic rings. The zero-order valence-corrected chi connectivity index (χ0v) is 29.5. The first-order valence-electron chi connectivity index (χ1n) is 17.7. The first-order chi connectivity index (χ1) is 24.8. The Labute approximate surface area is 301 Å². The third kappa shape index (κ3) is 7.93. The molecular weight excluding hydrogens is 669 g/mol. The Morgan fingerprint density at radius 2 is 1.75 bits per heavy atom. The van der Waals surface area contributed by atoms with Crippen molar-refractivity contribution in [2.24, 2.45) is 5.92 Å². The van der Waals surface area contributed by atoms with E-state index in [1.807, 2.05) is 42.5 Å². The second-order valence-corrected chi connectivity index (χ2v) is 14.8. The van der Waals surface area contributed by atoms with Crippen LogP contribution in [0.4, 0.5) is 9.18 Å². The minimum atomic E-state index is -1.52. The van der Waals surface area contributed by atoms with Crippen molar-refractivity contribution >= 4 is 23.9 Å². The largest absolute Gasteiger partial charge is 0.479 e. The number of fused-ring (bicyclic) bond motifs is 2. The van der Waals surface area contributed by atoms with Crippen LogP contribution >= 0.6 is 0 Å². The topological polar surface area (TPSA) is 160 Å². The van der Waals surface area contributed by atoms with Crippen LogP contribution in [0.1, 0.15) is 71.8 Å². The molecule has 3 heterocycles. The van der Waals surface area contributed by atoms with Gasteiger partial charge in [-0.2, -0.15) is 5.10 Å². The second kappa shape index (κ2) is 14.7. The van der Waals surface area contributed by atoms with Crippen LogP contribution in [-0.2, 0) is 19.1 Å². The van der Waals surface area contributed by atoms with E-state index in [0.717, 1.165) is 12.8 Å². The molecule has 0 bridgehead atoms. The predicted octanol–water partition coefficient (Wildman–Crippen LogP) is 5.23. The highest BCUT2D eigenvalue weighted by Crippen LogP contribution is 2.45. The molecule has 2 fully saturated rings. The SMILES string of the molecule is CC(C)(C)OC(=O)N[C@H]1CCCCC/C=C\[C@@H]2C[C@@]2(C(=O)O)NC(=O)[C@@H]2C[C@H](n3nc(-c4ccccc4)cc(-c4ccc(F)cc4)c3=O)CN2C1=O. The first-order valence-corrected chi connectivity index (χ1v) is 17.7. The van der Waals surface area contributed by atoms with Crippen LogP contribution in [0.25, 0.3) is 22.4 Å². The van der Waals surface area contributed by atoms with Crippen LogP contribution < -0.4 is 16.2 Å². The molecule has 2 aliphatic heterocycles. The van der Waals surface area contributed by atoms with Crippen molar-refractivity contribution in [1.82, 2.24) is 25.3 Å². The number of amides is 3. The fourth-order valence-corrected chi connectivity index (χ4v) is 7.05. The molecule has 274 valence electrons. The lowest BCUT2D eigenvalue weighted by atomic mass is 10.0. The molecule has 0 radical (unpaired) electrons. The van der Waals surface area contributed by atoms with E-state index in [-0.39, 0.29) is 31.4 Å². The summed E-state index contributed by atoms with van der Waals surface area (Å²) in [5, 5.41) is 20.4. The van der Waals surface area contributed by atoms with Gasteiger partial charge in [0.2, 0.25) is 11.8 Å². The monoisotopic (exact) mass is 713 g/mol. The highest BCUT2D eigenvalue weighted by molar-refractivity contribution is 5.96. The molecule has 52 heavy (non-hydrogen) atoms. The highest BCUT2D eigenvalue weighted by Gasteiger charge is 2.61. The molecule has 12 nitrogen and oxygen atoms in total. The lowest BCUT2D eigenvalue weighted by molar-refractivity contribution is -0.145. The van der Waals surface area contributed by atoms with E-state index in [2.05, 4.69) is 10.6 Å². The van der Waals surface area contributed by atoms with Gasteiger partial charge in [-0.05, 0) is 70.2 Å². The Bertz CT molecular complexity index is 1920. The number of hydrogen-bond acceptors (Lipinski definition) is 7. The number of carbonyl (C=O) groups excluding carboxylic acids is 3. The minimum absolute atomic E-state index is 0.0546. The van der Waals surface area contributed by atoms with Crippen LogP contribution in [0.5, 0.6) is 0 Å². The van der Waals surface area contributed by atoms with Crippen LogP contribution in [0.2, 0.25) is 0 Å². The van der Waals surface area contributed by atoms with Gasteiger partial charge in [0.25, 0.3) is 5.56 Å². The molecule has 13 heteroatoms. The molecule has 1 saturated heterocycles. The van der Waals surface area contributed by atoms with Gasteiger partial charge < -0.3 is 25.4 Å². The van der Waals surface area contributed by atoms with Gasteiger partial charge >= 0.3 is 12.1 Å². The van der Waals surface area contributed by atoms with Gasteiger partial charge in [0.1, 0.15) is 29.0 Å². The summed E-state index contributed by atoms with van der Waals surface area (Å²) in [7, 11) is 0. The summed E-state index contributed by atoms with van der Waals surface area (Å²) in [5.41, 5.74) is -1.00. The Balaban J connectivity index is 1.42. The van der Waals surface area contributed by atoms with E-state index < -0.39 is 70.4 Å². The molecular formula is C39H44FN5O7. The third-order valence-electron chi connectivity index (χ3n) is 9.83. The summed E-state index contributed by atoms with van der Waals surface area (Å²) in [6, 6.07) is 13.3. The molecule has 3 N–H and O–H groups in total. The van der Waals surface area contributed by atoms with Crippen molar-refractivity contribution in [3.63, 3.8) is 0 Å². The van der Waals surface area contributed by atoms with Crippen LogP contribution in [-0.4, -0.2) is 73.4 Å². The lowest BCUT2D eigenvalue weighted by Crippen LogP contribution is -2.56. The number of alkyl carbamates (subject to hydrolysis) is 1. The van der Waals surface area contributed by atoms with Crippen LogP contribution in [0.15, 0.2) is 77.6 Å². The molecule has 1 saturated carbocycles. The van der Waals surface area contributed by atoms with Gasteiger partial charge in [0.15, 0.2) is 0 Å². The minimum Gasteiger partial charge on any atom is -0.479 e. The summed E-state index contributed by atoms with van der Waals surface area (Å²) >= 11 is 0. The first kappa shape index (κ1) is 36.5. The van der Waals surface area contributed by atoms with Gasteiger partial charge in [0.05, 0.1) is 17.3 Å². The molecule has 5 atom stereocenters. The quantitative estimate of drug-likeness (QED) is 0.303. The van der Waals surface area contributed by atoms with E-state index in [1.165, 1.54) is 33.8 Å². The average molecular weight is 714 g/mol. The summed E-state index contributed by atoms with van der Waals surface area (Å²) < 4.78 is 20.6. The van der Waals surface area contributed by atoms with E-state index in [9.17, 15) is 33.5 Å². The number of nitrogens with zero attached hydrogens (tertiary/aromatic N) is 3. The van der Waals surface area contributed by atoms with Gasteiger partial charge in [0, 0.05) is 24.4 Å². The van der Waals surface area contributed by atoms with Crippen molar-refractivity contribution in [3.8, 4) is 22.4 Å². The number of nitrogens with one attached hydrogen (secondary N) is 2. The van der Waals surface area contributed by atoms with Crippen molar-refractivity contribution in [3.05, 3.63) is 89.0 Å². The fraction of sp³-hybridized carbons (Fsp3) is 0.436. The molecule has 2 aromatic carbocycles. The number of carboxylic acids is 1. The number of aromatic nitrogens is 2. The molecule has 0 spiro atoms. The smallest absolute Gasteiger partial charge is 0.408 e. The highest BCUT2D eigenvalue weighted by atomic mass is 19.1. The second-order valence-electron chi connectivity index (χ2n) is 14.8. The number of benzene rings is 2. The van der Waals surface area contributed by atoms with Crippen molar-refractivity contribution < 1.29 is 33.4 Å². The van der Waals surface area contributed by atoms with Crippen molar-refractivity contribution in [2.45, 2.75) is 95.0 Å². The summed E-state index contributed by atoms with van der Waals surface area (Å²) in [5.74, 6) is -3.27. The normalized spacial score (nSPS) is 25.8. The van der Waals surface area contributed by atoms with E-state index in [4.69, 9.17) is 9.84 Å². The van der Waals surface area contributed by atoms with Crippen LogP contribution in [0, 0.1) is 11.7 Å². The summed E-state index contributed by atoms with van der Waals surface area (Å²) in [6.07, 6.45) is 6.24. The standard InChI is InChI=1S/C39H44FN5O7/c1-38(2,3)52-37(51)41-30-15-11-6-4-5-10-14-26-22-39(26,36(49)50)42-33(46)32-20-28(23-44(32)35(30)48)45-34(47)29(24-16-18-27(40)19-17-24)21-31(43-45)25-12-8-7-9-13-25/h7-10,12-14,16-19,21,26,28,30,32H,4-6,11,15,20,22-23H2,1-3H3,(H,41,51)(H,42,46)(H,49,50)/b14-10-/t26-,28+,30+,32+,39-/m1/s1. The Morgan fingerprint density at radius 1 is 1.02 bits per heavy atom. The summed E-state index contributed by atoms with van der Waals surface area (Å²) in [6.45, 7) is 5.01. The molecule has 6 rings (SSSR count). The number of hydrogen-bond donors (Lipinski definition) is 3. The number of rotatable bonds is 5. The summed E-state index contributed by atoms with van der Waals surface area (Å²) in [4.78, 5) is 69.7. The number of halogens is 1. The Hall–Kier alpha value is -5.33. The predicted molar refractivity (Wildman–Crippen MR) is 190 cm³/mol. The number of ether oxygens (including phenoxy) is 1. The van der Waals surface area contributed by atoms with Gasteiger partial charge in [-0.1, -0.05) is 67.5 Å². The molecule has 1 aromatic heterocycles.